The Morgan fingerprint density at radius 3 is 2.81 bits per heavy atom. The molecule has 4 aromatic rings. The van der Waals surface area contributed by atoms with Gasteiger partial charge in [0.15, 0.2) is 17.3 Å². The van der Waals surface area contributed by atoms with Gasteiger partial charge in [0.25, 0.3) is 0 Å². The lowest BCUT2D eigenvalue weighted by molar-refractivity contribution is -0.116. The summed E-state index contributed by atoms with van der Waals surface area (Å²) < 4.78 is 25.7. The number of benzene rings is 2. The van der Waals surface area contributed by atoms with E-state index in [0.717, 1.165) is 16.2 Å². The maximum Gasteiger partial charge on any atom is 0.244 e. The molecule has 0 radical (unpaired) electrons. The van der Waals surface area contributed by atoms with Gasteiger partial charge in [0, 0.05) is 30.0 Å². The minimum Gasteiger partial charge on any atom is -0.493 e. The number of nitrogens with one attached hydrogen (secondary N) is 1. The van der Waals surface area contributed by atoms with Crippen LogP contribution < -0.4 is 14.8 Å². The van der Waals surface area contributed by atoms with Crippen LogP contribution in [0.2, 0.25) is 0 Å². The van der Waals surface area contributed by atoms with Gasteiger partial charge < -0.3 is 14.8 Å². The van der Waals surface area contributed by atoms with Crippen molar-refractivity contribution >= 4 is 28.3 Å². The molecule has 0 aliphatic rings. The van der Waals surface area contributed by atoms with Crippen LogP contribution in [0.15, 0.2) is 53.9 Å². The van der Waals surface area contributed by atoms with E-state index in [1.807, 2.05) is 11.4 Å². The topological polar surface area (TPSA) is 77.8 Å². The number of nitrogens with zero attached hydrogens (tertiary/aromatic N) is 3. The minimum atomic E-state index is -0.329. The number of hydrogen-bond donors (Lipinski definition) is 1. The van der Waals surface area contributed by atoms with Gasteiger partial charge in [-0.1, -0.05) is 18.2 Å². The third kappa shape index (κ3) is 4.78. The van der Waals surface area contributed by atoms with Crippen LogP contribution in [0.25, 0.3) is 22.4 Å². The van der Waals surface area contributed by atoms with Crippen LogP contribution in [0.1, 0.15) is 11.3 Å². The quantitative estimate of drug-likeness (QED) is 0.409. The summed E-state index contributed by atoms with van der Waals surface area (Å²) in [6.45, 7) is 0.441. The highest BCUT2D eigenvalue weighted by molar-refractivity contribution is 7.15. The standard InChI is InChI=1S/C23H21FN4O3S/c1-30-19-8-6-15(12-20(19)31-2)7-9-21(29)25-11-10-18-14-32-23-26-22(27-28(18)23)16-4-3-5-17(24)13-16/h3-9,12-14H,10-11H2,1-2H3,(H,25,29)/b9-7+. The Morgan fingerprint density at radius 2 is 2.03 bits per heavy atom. The Hall–Kier alpha value is -3.72. The maximum absolute atomic E-state index is 13.5. The number of methoxy groups -OCH3 is 2. The van der Waals surface area contributed by atoms with Crippen LogP contribution in [-0.4, -0.2) is 41.3 Å². The number of ether oxygens (including phenoxy) is 2. The molecule has 0 aliphatic carbocycles. The smallest absolute Gasteiger partial charge is 0.244 e. The van der Waals surface area contributed by atoms with Gasteiger partial charge in [-0.05, 0) is 35.9 Å². The fraction of sp³-hybridized carbons (Fsp3) is 0.174. The Kier molecular flexibility index (Phi) is 6.46. The molecule has 7 nitrogen and oxygen atoms in total. The molecule has 9 heteroatoms. The summed E-state index contributed by atoms with van der Waals surface area (Å²) in [4.78, 5) is 17.4. The van der Waals surface area contributed by atoms with Gasteiger partial charge in [-0.15, -0.1) is 16.4 Å². The molecule has 0 bridgehead atoms. The average Bonchev–Trinajstić information content (AvgIpc) is 3.39. The Morgan fingerprint density at radius 1 is 1.19 bits per heavy atom. The van der Waals surface area contributed by atoms with Crippen molar-refractivity contribution in [2.45, 2.75) is 6.42 Å². The summed E-state index contributed by atoms with van der Waals surface area (Å²) in [5, 5.41) is 9.31. The zero-order chi connectivity index (χ0) is 22.5. The van der Waals surface area contributed by atoms with E-state index in [1.165, 1.54) is 29.5 Å². The number of amides is 1. The number of fused-ring (bicyclic) bond motifs is 1. The van der Waals surface area contributed by atoms with E-state index >= 15 is 0 Å². The van der Waals surface area contributed by atoms with Crippen molar-refractivity contribution in [3.8, 4) is 22.9 Å². The summed E-state index contributed by atoms with van der Waals surface area (Å²) in [6, 6.07) is 11.6. The number of hydrogen-bond acceptors (Lipinski definition) is 6. The molecule has 0 unspecified atom stereocenters. The van der Waals surface area contributed by atoms with E-state index in [-0.39, 0.29) is 11.7 Å². The molecule has 2 aromatic carbocycles. The predicted molar refractivity (Wildman–Crippen MR) is 122 cm³/mol. The Balaban J connectivity index is 1.36. The van der Waals surface area contributed by atoms with Crippen LogP contribution in [0, 0.1) is 5.82 Å². The normalized spacial score (nSPS) is 11.2. The summed E-state index contributed by atoms with van der Waals surface area (Å²) in [7, 11) is 3.14. The van der Waals surface area contributed by atoms with Crippen molar-refractivity contribution < 1.29 is 18.7 Å². The number of aromatic nitrogens is 3. The molecule has 2 aromatic heterocycles. The minimum absolute atomic E-state index is 0.203. The largest absolute Gasteiger partial charge is 0.493 e. The average molecular weight is 453 g/mol. The second-order valence-corrected chi connectivity index (χ2v) is 7.69. The maximum atomic E-state index is 13.5. The van der Waals surface area contributed by atoms with Crippen LogP contribution in [0.3, 0.4) is 0 Å². The SMILES string of the molecule is COc1ccc(/C=C/C(=O)NCCc2csc3nc(-c4cccc(F)c4)nn23)cc1OC. The molecule has 0 saturated heterocycles. The number of thiazole rings is 1. The fourth-order valence-electron chi connectivity index (χ4n) is 3.15. The van der Waals surface area contributed by atoms with E-state index in [4.69, 9.17) is 9.47 Å². The van der Waals surface area contributed by atoms with Crippen LogP contribution in [0.4, 0.5) is 4.39 Å². The van der Waals surface area contributed by atoms with E-state index in [1.54, 1.807) is 49.1 Å². The summed E-state index contributed by atoms with van der Waals surface area (Å²) in [5.74, 6) is 1.17. The van der Waals surface area contributed by atoms with Crippen molar-refractivity contribution in [2.75, 3.05) is 20.8 Å². The van der Waals surface area contributed by atoms with Gasteiger partial charge >= 0.3 is 0 Å². The summed E-state index contributed by atoms with van der Waals surface area (Å²) in [6.07, 6.45) is 3.77. The number of carbonyl (C=O) groups excluding carboxylic acids is 1. The first-order valence-electron chi connectivity index (χ1n) is 9.84. The molecule has 0 fully saturated rings. The van der Waals surface area contributed by atoms with E-state index in [2.05, 4.69) is 15.4 Å². The van der Waals surface area contributed by atoms with Gasteiger partial charge in [-0.25, -0.2) is 8.91 Å². The van der Waals surface area contributed by atoms with E-state index < -0.39 is 0 Å². The Labute approximate surface area is 188 Å². The third-order valence-electron chi connectivity index (χ3n) is 4.75. The van der Waals surface area contributed by atoms with Gasteiger partial charge in [0.05, 0.1) is 19.9 Å². The third-order valence-corrected chi connectivity index (χ3v) is 5.61. The second kappa shape index (κ2) is 9.61. The molecule has 1 amide bonds. The molecule has 0 atom stereocenters. The molecule has 1 N–H and O–H groups in total. The van der Waals surface area contributed by atoms with Gasteiger partial charge in [-0.2, -0.15) is 4.98 Å². The van der Waals surface area contributed by atoms with Crippen molar-refractivity contribution in [3.05, 3.63) is 71.0 Å². The molecule has 0 saturated carbocycles. The molecular weight excluding hydrogens is 431 g/mol. The zero-order valence-electron chi connectivity index (χ0n) is 17.5. The Bertz CT molecular complexity index is 1280. The predicted octanol–water partition coefficient (Wildman–Crippen LogP) is 3.99. The van der Waals surface area contributed by atoms with Crippen molar-refractivity contribution in [2.24, 2.45) is 0 Å². The van der Waals surface area contributed by atoms with Crippen molar-refractivity contribution in [1.82, 2.24) is 19.9 Å². The first-order chi connectivity index (χ1) is 15.6. The highest BCUT2D eigenvalue weighted by Gasteiger charge is 2.12. The van der Waals surface area contributed by atoms with Crippen molar-refractivity contribution in [1.29, 1.82) is 0 Å². The molecule has 164 valence electrons. The lowest BCUT2D eigenvalue weighted by Crippen LogP contribution is -2.23. The van der Waals surface area contributed by atoms with Gasteiger partial charge in [0.1, 0.15) is 5.82 Å². The van der Waals surface area contributed by atoms with Gasteiger partial charge in [-0.3, -0.25) is 4.79 Å². The molecule has 2 heterocycles. The molecule has 0 aliphatic heterocycles. The van der Waals surface area contributed by atoms with Crippen LogP contribution in [0.5, 0.6) is 11.5 Å². The van der Waals surface area contributed by atoms with Crippen LogP contribution in [-0.2, 0) is 11.2 Å². The lowest BCUT2D eigenvalue weighted by Gasteiger charge is -2.07. The van der Waals surface area contributed by atoms with Gasteiger partial charge in [0.2, 0.25) is 10.9 Å². The molecule has 4 rings (SSSR count). The highest BCUT2D eigenvalue weighted by atomic mass is 32.1. The number of carbonyl (C=O) groups is 1. The van der Waals surface area contributed by atoms with E-state index in [9.17, 15) is 9.18 Å². The summed E-state index contributed by atoms with van der Waals surface area (Å²) >= 11 is 1.45. The highest BCUT2D eigenvalue weighted by Crippen LogP contribution is 2.28. The first kappa shape index (κ1) is 21.5. The first-order valence-corrected chi connectivity index (χ1v) is 10.7. The number of halogens is 1. The fourth-order valence-corrected chi connectivity index (χ4v) is 4.00. The second-order valence-electron chi connectivity index (χ2n) is 6.86. The monoisotopic (exact) mass is 452 g/mol. The van der Waals surface area contributed by atoms with Crippen LogP contribution >= 0.6 is 11.3 Å². The molecule has 32 heavy (non-hydrogen) atoms. The zero-order valence-corrected chi connectivity index (χ0v) is 18.4. The van der Waals surface area contributed by atoms with E-state index in [0.29, 0.717) is 35.9 Å². The van der Waals surface area contributed by atoms with Crippen molar-refractivity contribution in [3.63, 3.8) is 0 Å². The lowest BCUT2D eigenvalue weighted by atomic mass is 10.2. The molecular formula is C23H21FN4O3S. The summed E-state index contributed by atoms with van der Waals surface area (Å²) in [5.41, 5.74) is 2.37. The number of rotatable bonds is 8. The molecule has 0 spiro atoms.